The summed E-state index contributed by atoms with van der Waals surface area (Å²) in [7, 11) is 1.93. The van der Waals surface area contributed by atoms with Gasteiger partial charge in [-0.3, -0.25) is 9.89 Å². The molecule has 32 heavy (non-hydrogen) atoms. The summed E-state index contributed by atoms with van der Waals surface area (Å²) in [5.74, 6) is 2.96. The van der Waals surface area contributed by atoms with Crippen molar-refractivity contribution < 1.29 is 9.47 Å². The molecule has 0 bridgehead atoms. The summed E-state index contributed by atoms with van der Waals surface area (Å²) in [5.41, 5.74) is 1.49. The molecule has 1 aromatic carbocycles. The molecular weight excluding hydrogens is 515 g/mol. The molecule has 3 aliphatic heterocycles. The smallest absolute Gasteiger partial charge is 0.193 e. The zero-order chi connectivity index (χ0) is 21.5. The molecule has 1 aromatic rings. The Morgan fingerprint density at radius 2 is 1.88 bits per heavy atom. The standard InChI is InChI=1S/C25H40N4O2.HI/c1-3-20-18-29(11-9-23(20)21-7-5-4-6-8-21)25(26-2)27-17-24(22-10-14-31-19-22)28-12-15-30-16-13-28;/h4-8,20,22-24H,3,9-19H2,1-2H3,(H,26,27);1H. The summed E-state index contributed by atoms with van der Waals surface area (Å²) in [6.45, 7) is 10.9. The minimum absolute atomic E-state index is 0. The third kappa shape index (κ3) is 6.36. The number of morpholine rings is 1. The van der Waals surface area contributed by atoms with E-state index in [-0.39, 0.29) is 24.0 Å². The van der Waals surface area contributed by atoms with Crippen molar-refractivity contribution in [2.45, 2.75) is 38.1 Å². The van der Waals surface area contributed by atoms with Crippen LogP contribution in [0, 0.1) is 11.8 Å². The first-order valence-electron chi connectivity index (χ1n) is 12.2. The van der Waals surface area contributed by atoms with Crippen molar-refractivity contribution in [1.29, 1.82) is 0 Å². The number of hydrogen-bond donors (Lipinski definition) is 1. The zero-order valence-electron chi connectivity index (χ0n) is 19.7. The molecule has 0 aliphatic carbocycles. The first-order chi connectivity index (χ1) is 15.3. The number of guanidine groups is 1. The Kier molecular flexibility index (Phi) is 10.5. The third-order valence-electron chi connectivity index (χ3n) is 7.49. The summed E-state index contributed by atoms with van der Waals surface area (Å²) in [6.07, 6.45) is 3.54. The lowest BCUT2D eigenvalue weighted by Gasteiger charge is -2.41. The van der Waals surface area contributed by atoms with Gasteiger partial charge in [-0.1, -0.05) is 43.7 Å². The van der Waals surface area contributed by atoms with Gasteiger partial charge in [0.15, 0.2) is 5.96 Å². The second kappa shape index (κ2) is 13.1. The van der Waals surface area contributed by atoms with Gasteiger partial charge >= 0.3 is 0 Å². The second-order valence-electron chi connectivity index (χ2n) is 9.19. The highest BCUT2D eigenvalue weighted by molar-refractivity contribution is 14.0. The van der Waals surface area contributed by atoms with E-state index >= 15 is 0 Å². The molecule has 4 atom stereocenters. The Morgan fingerprint density at radius 3 is 2.53 bits per heavy atom. The van der Waals surface area contributed by atoms with Crippen molar-refractivity contribution in [3.63, 3.8) is 0 Å². The fourth-order valence-electron chi connectivity index (χ4n) is 5.66. The Hall–Kier alpha value is -0.900. The van der Waals surface area contributed by atoms with Gasteiger partial charge in [0.2, 0.25) is 0 Å². The number of rotatable bonds is 6. The molecule has 0 radical (unpaired) electrons. The average Bonchev–Trinajstić information content (AvgIpc) is 3.37. The van der Waals surface area contributed by atoms with Crippen molar-refractivity contribution in [2.24, 2.45) is 16.8 Å². The predicted molar refractivity (Wildman–Crippen MR) is 141 cm³/mol. The molecule has 3 heterocycles. The van der Waals surface area contributed by atoms with Gasteiger partial charge in [0.25, 0.3) is 0 Å². The molecule has 3 aliphatic rings. The maximum absolute atomic E-state index is 5.73. The van der Waals surface area contributed by atoms with Crippen LogP contribution in [-0.4, -0.2) is 88.0 Å². The van der Waals surface area contributed by atoms with Crippen LogP contribution in [0.25, 0.3) is 0 Å². The lowest BCUT2D eigenvalue weighted by Crippen LogP contribution is -2.55. The quantitative estimate of drug-likeness (QED) is 0.331. The largest absolute Gasteiger partial charge is 0.381 e. The van der Waals surface area contributed by atoms with Gasteiger partial charge in [-0.2, -0.15) is 0 Å². The van der Waals surface area contributed by atoms with Crippen LogP contribution in [0.1, 0.15) is 37.7 Å². The highest BCUT2D eigenvalue weighted by Crippen LogP contribution is 2.34. The molecule has 0 aromatic heterocycles. The molecule has 0 saturated carbocycles. The van der Waals surface area contributed by atoms with E-state index in [0.29, 0.717) is 23.8 Å². The number of nitrogens with one attached hydrogen (secondary N) is 1. The van der Waals surface area contributed by atoms with E-state index < -0.39 is 0 Å². The number of halogens is 1. The predicted octanol–water partition coefficient (Wildman–Crippen LogP) is 3.43. The van der Waals surface area contributed by atoms with E-state index in [1.54, 1.807) is 0 Å². The zero-order valence-corrected chi connectivity index (χ0v) is 22.1. The van der Waals surface area contributed by atoms with Crippen molar-refractivity contribution in [3.8, 4) is 0 Å². The fraction of sp³-hybridized carbons (Fsp3) is 0.720. The summed E-state index contributed by atoms with van der Waals surface area (Å²) >= 11 is 0. The number of benzene rings is 1. The summed E-state index contributed by atoms with van der Waals surface area (Å²) in [4.78, 5) is 9.76. The molecule has 180 valence electrons. The highest BCUT2D eigenvalue weighted by atomic mass is 127. The first kappa shape index (κ1) is 25.7. The molecule has 0 spiro atoms. The van der Waals surface area contributed by atoms with E-state index in [9.17, 15) is 0 Å². The average molecular weight is 557 g/mol. The van der Waals surface area contributed by atoms with Crippen LogP contribution in [0.4, 0.5) is 0 Å². The van der Waals surface area contributed by atoms with Crippen LogP contribution in [0.2, 0.25) is 0 Å². The molecule has 3 fully saturated rings. The number of nitrogens with zero attached hydrogens (tertiary/aromatic N) is 3. The van der Waals surface area contributed by atoms with Crippen LogP contribution in [-0.2, 0) is 9.47 Å². The van der Waals surface area contributed by atoms with Gasteiger partial charge in [-0.25, -0.2) is 0 Å². The Balaban J connectivity index is 0.00000289. The lowest BCUT2D eigenvalue weighted by molar-refractivity contribution is 0.00229. The van der Waals surface area contributed by atoms with Gasteiger partial charge in [0.05, 0.1) is 19.8 Å². The maximum atomic E-state index is 5.73. The Labute approximate surface area is 211 Å². The number of piperidine rings is 1. The van der Waals surface area contributed by atoms with Crippen molar-refractivity contribution in [2.75, 3.05) is 66.2 Å². The van der Waals surface area contributed by atoms with Gasteiger partial charge < -0.3 is 19.7 Å². The van der Waals surface area contributed by atoms with E-state index in [1.807, 2.05) is 7.05 Å². The summed E-state index contributed by atoms with van der Waals surface area (Å²) in [6, 6.07) is 11.5. The van der Waals surface area contributed by atoms with Crippen LogP contribution in [0.3, 0.4) is 0 Å². The van der Waals surface area contributed by atoms with Crippen molar-refractivity contribution >= 4 is 29.9 Å². The van der Waals surface area contributed by atoms with Crippen molar-refractivity contribution in [3.05, 3.63) is 35.9 Å². The van der Waals surface area contributed by atoms with E-state index in [4.69, 9.17) is 9.47 Å². The maximum Gasteiger partial charge on any atom is 0.193 e. The molecule has 1 N–H and O–H groups in total. The summed E-state index contributed by atoms with van der Waals surface area (Å²) < 4.78 is 11.3. The molecule has 4 rings (SSSR count). The molecule has 7 heteroatoms. The number of ether oxygens (including phenoxy) is 2. The van der Waals surface area contributed by atoms with Gasteiger partial charge in [-0.15, -0.1) is 24.0 Å². The molecule has 0 amide bonds. The van der Waals surface area contributed by atoms with E-state index in [0.717, 1.165) is 71.5 Å². The van der Waals surface area contributed by atoms with E-state index in [2.05, 4.69) is 57.4 Å². The Morgan fingerprint density at radius 1 is 1.09 bits per heavy atom. The number of hydrogen-bond acceptors (Lipinski definition) is 4. The SMILES string of the molecule is CCC1CN(C(=NC)NCC(C2CCOC2)N2CCOCC2)CCC1c1ccccc1.I. The van der Waals surface area contributed by atoms with Crippen LogP contribution in [0.15, 0.2) is 35.3 Å². The topological polar surface area (TPSA) is 49.3 Å². The molecule has 4 unspecified atom stereocenters. The van der Waals surface area contributed by atoms with Crippen LogP contribution >= 0.6 is 24.0 Å². The molecular formula is C25H41IN4O2. The Bertz CT molecular complexity index is 692. The van der Waals surface area contributed by atoms with Gasteiger partial charge in [0, 0.05) is 58.3 Å². The normalized spacial score (nSPS) is 28.2. The molecule has 3 saturated heterocycles. The van der Waals surface area contributed by atoms with Crippen molar-refractivity contribution in [1.82, 2.24) is 15.1 Å². The van der Waals surface area contributed by atoms with Gasteiger partial charge in [-0.05, 0) is 30.2 Å². The lowest BCUT2D eigenvalue weighted by atomic mass is 9.79. The first-order valence-corrected chi connectivity index (χ1v) is 12.2. The highest BCUT2D eigenvalue weighted by Gasteiger charge is 2.33. The second-order valence-corrected chi connectivity index (χ2v) is 9.19. The van der Waals surface area contributed by atoms with Gasteiger partial charge in [0.1, 0.15) is 0 Å². The summed E-state index contributed by atoms with van der Waals surface area (Å²) in [5, 5.41) is 3.75. The minimum atomic E-state index is 0. The minimum Gasteiger partial charge on any atom is -0.381 e. The third-order valence-corrected chi connectivity index (χ3v) is 7.49. The van der Waals surface area contributed by atoms with E-state index in [1.165, 1.54) is 18.4 Å². The number of aliphatic imine (C=N–C) groups is 1. The fourth-order valence-corrected chi connectivity index (χ4v) is 5.66. The molecule has 6 nitrogen and oxygen atoms in total. The number of likely N-dealkylation sites (tertiary alicyclic amines) is 1. The monoisotopic (exact) mass is 556 g/mol. The van der Waals surface area contributed by atoms with Crippen LogP contribution in [0.5, 0.6) is 0 Å². The van der Waals surface area contributed by atoms with Crippen LogP contribution < -0.4 is 5.32 Å².